The molecule has 2 aliphatic rings. The van der Waals surface area contributed by atoms with Crippen LogP contribution in [0.1, 0.15) is 24.1 Å². The highest BCUT2D eigenvalue weighted by molar-refractivity contribution is 8.03. The molecule has 1 saturated heterocycles. The van der Waals surface area contributed by atoms with E-state index in [9.17, 15) is 0 Å². The Kier molecular flexibility index (Phi) is 10.2. The normalized spacial score (nSPS) is 17.4. The monoisotopic (exact) mass is 510 g/mol. The van der Waals surface area contributed by atoms with Crippen molar-refractivity contribution in [3.63, 3.8) is 0 Å². The summed E-state index contributed by atoms with van der Waals surface area (Å²) >= 11 is 1.57. The van der Waals surface area contributed by atoms with Crippen molar-refractivity contribution in [3.05, 3.63) is 72.4 Å². The summed E-state index contributed by atoms with van der Waals surface area (Å²) in [5.41, 5.74) is 2.42. The van der Waals surface area contributed by atoms with E-state index in [1.54, 1.807) is 30.1 Å². The standard InChI is InChI=1S/C27H34N4O4S/c1-3-14-32-18-21-17-22(7-8-24(21)34-16-13-31-11-5-6-12-31)29-27-28-10-9-23(30-27)25-20-36-26(35-25)19-33-15-4-2/h3-4,7-10,17,20,26H,1-2,5-6,11-16,18-19H2,(H,28,29,30). The van der Waals surface area contributed by atoms with Crippen LogP contribution in [-0.2, 0) is 20.8 Å². The van der Waals surface area contributed by atoms with Gasteiger partial charge in [-0.25, -0.2) is 9.97 Å². The first kappa shape index (κ1) is 26.2. The molecule has 36 heavy (non-hydrogen) atoms. The van der Waals surface area contributed by atoms with Crippen LogP contribution in [0, 0.1) is 0 Å². The molecule has 2 aromatic rings. The molecule has 1 aromatic carbocycles. The predicted molar refractivity (Wildman–Crippen MR) is 144 cm³/mol. The molecule has 3 heterocycles. The lowest BCUT2D eigenvalue weighted by Crippen LogP contribution is -2.25. The third kappa shape index (κ3) is 7.83. The van der Waals surface area contributed by atoms with Crippen molar-refractivity contribution >= 4 is 29.2 Å². The van der Waals surface area contributed by atoms with Crippen LogP contribution in [-0.4, -0.2) is 66.4 Å². The second kappa shape index (κ2) is 14.0. The van der Waals surface area contributed by atoms with E-state index < -0.39 is 0 Å². The molecule has 2 aliphatic heterocycles. The maximum atomic E-state index is 6.12. The largest absolute Gasteiger partial charge is 0.492 e. The van der Waals surface area contributed by atoms with Crippen molar-refractivity contribution in [1.82, 2.24) is 14.9 Å². The van der Waals surface area contributed by atoms with Gasteiger partial charge in [0.15, 0.2) is 11.2 Å². The number of benzene rings is 1. The average molecular weight is 511 g/mol. The van der Waals surface area contributed by atoms with E-state index in [0.29, 0.717) is 50.4 Å². The summed E-state index contributed by atoms with van der Waals surface area (Å²) < 4.78 is 23.3. The fraction of sp³-hybridized carbons (Fsp3) is 0.407. The van der Waals surface area contributed by atoms with Gasteiger partial charge in [-0.3, -0.25) is 4.90 Å². The SMILES string of the molecule is C=CCOCc1cc(Nc2nccc(C3=CSC(COCC=C)O3)n2)ccc1OCCN1CCCC1. The molecule has 0 aliphatic carbocycles. The van der Waals surface area contributed by atoms with E-state index in [1.165, 1.54) is 12.8 Å². The van der Waals surface area contributed by atoms with E-state index in [0.717, 1.165) is 36.6 Å². The zero-order valence-corrected chi connectivity index (χ0v) is 21.4. The van der Waals surface area contributed by atoms with Crippen molar-refractivity contribution < 1.29 is 18.9 Å². The second-order valence-corrected chi connectivity index (χ2v) is 9.44. The Balaban J connectivity index is 1.38. The van der Waals surface area contributed by atoms with Crippen molar-refractivity contribution in [2.45, 2.75) is 24.9 Å². The predicted octanol–water partition coefficient (Wildman–Crippen LogP) is 4.99. The number of nitrogens with one attached hydrogen (secondary N) is 1. The topological polar surface area (TPSA) is 78.0 Å². The number of anilines is 2. The van der Waals surface area contributed by atoms with Crippen LogP contribution < -0.4 is 10.1 Å². The van der Waals surface area contributed by atoms with Gasteiger partial charge >= 0.3 is 0 Å². The summed E-state index contributed by atoms with van der Waals surface area (Å²) in [7, 11) is 0. The van der Waals surface area contributed by atoms with Gasteiger partial charge in [-0.2, -0.15) is 0 Å². The van der Waals surface area contributed by atoms with E-state index in [-0.39, 0.29) is 5.44 Å². The van der Waals surface area contributed by atoms with Gasteiger partial charge in [0.2, 0.25) is 5.95 Å². The van der Waals surface area contributed by atoms with E-state index >= 15 is 0 Å². The lowest BCUT2D eigenvalue weighted by atomic mass is 10.2. The summed E-state index contributed by atoms with van der Waals surface area (Å²) in [6, 6.07) is 7.77. The molecule has 1 N–H and O–H groups in total. The number of hydrogen-bond donors (Lipinski definition) is 1. The molecule has 0 bridgehead atoms. The summed E-state index contributed by atoms with van der Waals surface area (Å²) in [5, 5.41) is 5.25. The highest BCUT2D eigenvalue weighted by atomic mass is 32.2. The molecule has 0 amide bonds. The van der Waals surface area contributed by atoms with E-state index in [4.69, 9.17) is 18.9 Å². The smallest absolute Gasteiger partial charge is 0.227 e. The number of likely N-dealkylation sites (tertiary alicyclic amines) is 1. The van der Waals surface area contributed by atoms with Gasteiger partial charge < -0.3 is 24.3 Å². The van der Waals surface area contributed by atoms with Crippen LogP contribution in [0.5, 0.6) is 5.75 Å². The molecule has 0 spiro atoms. The highest BCUT2D eigenvalue weighted by Crippen LogP contribution is 2.33. The molecule has 1 aromatic heterocycles. The third-order valence-corrected chi connectivity index (χ3v) is 6.54. The molecular formula is C27H34N4O4S. The first-order valence-electron chi connectivity index (χ1n) is 12.2. The van der Waals surface area contributed by atoms with Crippen LogP contribution in [0.15, 0.2) is 61.2 Å². The van der Waals surface area contributed by atoms with Crippen LogP contribution in [0.2, 0.25) is 0 Å². The Bertz CT molecular complexity index is 1040. The lowest BCUT2D eigenvalue weighted by Gasteiger charge is -2.17. The minimum Gasteiger partial charge on any atom is -0.492 e. The van der Waals surface area contributed by atoms with Crippen LogP contribution in [0.4, 0.5) is 11.6 Å². The van der Waals surface area contributed by atoms with Crippen LogP contribution in [0.3, 0.4) is 0 Å². The zero-order chi connectivity index (χ0) is 25.0. The average Bonchev–Trinajstić information content (AvgIpc) is 3.58. The lowest BCUT2D eigenvalue weighted by molar-refractivity contribution is 0.0960. The van der Waals surface area contributed by atoms with Gasteiger partial charge in [-0.1, -0.05) is 23.9 Å². The maximum absolute atomic E-state index is 6.12. The Morgan fingerprint density at radius 2 is 1.97 bits per heavy atom. The number of aromatic nitrogens is 2. The third-order valence-electron chi connectivity index (χ3n) is 5.66. The van der Waals surface area contributed by atoms with Gasteiger partial charge in [-0.15, -0.1) is 13.2 Å². The van der Waals surface area contributed by atoms with Gasteiger partial charge in [0.05, 0.1) is 26.4 Å². The zero-order valence-electron chi connectivity index (χ0n) is 20.6. The minimum absolute atomic E-state index is 0.0949. The highest BCUT2D eigenvalue weighted by Gasteiger charge is 2.21. The minimum atomic E-state index is -0.0949. The van der Waals surface area contributed by atoms with Crippen molar-refractivity contribution in [1.29, 1.82) is 0 Å². The van der Waals surface area contributed by atoms with Gasteiger partial charge in [0.25, 0.3) is 0 Å². The molecular weight excluding hydrogens is 476 g/mol. The number of rotatable bonds is 15. The first-order valence-corrected chi connectivity index (χ1v) is 13.2. The molecule has 1 fully saturated rings. The molecule has 0 saturated carbocycles. The number of thioether (sulfide) groups is 1. The summed E-state index contributed by atoms with van der Waals surface area (Å²) in [5.74, 6) is 2.01. The summed E-state index contributed by atoms with van der Waals surface area (Å²) in [6.07, 6.45) is 7.73. The Hall–Kier alpha value is -2.85. The van der Waals surface area contributed by atoms with Crippen molar-refractivity contribution in [2.24, 2.45) is 0 Å². The fourth-order valence-electron chi connectivity index (χ4n) is 3.92. The van der Waals surface area contributed by atoms with Crippen LogP contribution >= 0.6 is 11.8 Å². The van der Waals surface area contributed by atoms with E-state index in [2.05, 4.69) is 33.3 Å². The second-order valence-electron chi connectivity index (χ2n) is 8.41. The molecule has 0 radical (unpaired) electrons. The Morgan fingerprint density at radius 1 is 1.14 bits per heavy atom. The Morgan fingerprint density at radius 3 is 2.81 bits per heavy atom. The fourth-order valence-corrected chi connectivity index (χ4v) is 4.70. The van der Waals surface area contributed by atoms with Gasteiger partial charge in [0, 0.05) is 29.4 Å². The molecule has 8 nitrogen and oxygen atoms in total. The molecule has 9 heteroatoms. The van der Waals surface area contributed by atoms with Crippen LogP contribution in [0.25, 0.3) is 5.76 Å². The van der Waals surface area contributed by atoms with Crippen molar-refractivity contribution in [3.8, 4) is 5.75 Å². The van der Waals surface area contributed by atoms with Gasteiger partial charge in [-0.05, 0) is 50.2 Å². The van der Waals surface area contributed by atoms with E-state index in [1.807, 2.05) is 29.7 Å². The Labute approximate surface area is 217 Å². The maximum Gasteiger partial charge on any atom is 0.227 e. The molecule has 1 atom stereocenters. The number of hydrogen-bond acceptors (Lipinski definition) is 9. The molecule has 1 unspecified atom stereocenters. The molecule has 4 rings (SSSR count). The molecule has 192 valence electrons. The summed E-state index contributed by atoms with van der Waals surface area (Å²) in [4.78, 5) is 11.5. The number of ether oxygens (including phenoxy) is 4. The van der Waals surface area contributed by atoms with Crippen molar-refractivity contribution in [2.75, 3.05) is 51.4 Å². The quantitative estimate of drug-likeness (QED) is 0.263. The first-order chi connectivity index (χ1) is 17.7. The summed E-state index contributed by atoms with van der Waals surface area (Å²) in [6.45, 7) is 13.2. The van der Waals surface area contributed by atoms with Gasteiger partial charge in [0.1, 0.15) is 18.1 Å². The number of nitrogens with zero attached hydrogens (tertiary/aromatic N) is 3.